The van der Waals surface area contributed by atoms with Crippen LogP contribution >= 0.6 is 0 Å². The van der Waals surface area contributed by atoms with Crippen molar-refractivity contribution in [2.45, 2.75) is 39.5 Å². The molecule has 0 spiro atoms. The van der Waals surface area contributed by atoms with Crippen LogP contribution in [0.1, 0.15) is 49.3 Å². The van der Waals surface area contributed by atoms with Crippen molar-refractivity contribution in [2.24, 2.45) is 7.05 Å². The summed E-state index contributed by atoms with van der Waals surface area (Å²) < 4.78 is 1.81. The molecular weight excluding hydrogens is 176 g/mol. The molecule has 1 rings (SSSR count). The number of hydrogen-bond donors (Lipinski definition) is 0. The molecule has 0 unspecified atom stereocenters. The second-order valence-corrected chi connectivity index (χ2v) is 3.57. The van der Waals surface area contributed by atoms with Gasteiger partial charge in [-0.15, -0.1) is 0 Å². The van der Waals surface area contributed by atoms with Crippen molar-refractivity contribution in [2.75, 3.05) is 0 Å². The summed E-state index contributed by atoms with van der Waals surface area (Å²) in [5.41, 5.74) is 1.77. The largest absolute Gasteiger partial charge is 0.292 e. The minimum Gasteiger partial charge on any atom is -0.292 e. The summed E-state index contributed by atoms with van der Waals surface area (Å²) in [4.78, 5) is 11.5. The Morgan fingerprint density at radius 3 is 2.71 bits per heavy atom. The molecule has 78 valence electrons. The fourth-order valence-electron chi connectivity index (χ4n) is 1.49. The molecule has 0 aliphatic rings. The normalized spacial score (nSPS) is 10.5. The first-order chi connectivity index (χ1) is 6.69. The molecular formula is C11H18N2O. The highest BCUT2D eigenvalue weighted by atomic mass is 16.1. The predicted molar refractivity (Wildman–Crippen MR) is 56.4 cm³/mol. The fourth-order valence-corrected chi connectivity index (χ4v) is 1.49. The number of hydrogen-bond acceptors (Lipinski definition) is 2. The van der Waals surface area contributed by atoms with E-state index >= 15 is 0 Å². The van der Waals surface area contributed by atoms with E-state index in [0.717, 1.165) is 25.0 Å². The third-order valence-electron chi connectivity index (χ3n) is 2.25. The van der Waals surface area contributed by atoms with E-state index in [0.29, 0.717) is 12.1 Å². The van der Waals surface area contributed by atoms with Gasteiger partial charge in [0.2, 0.25) is 0 Å². The summed E-state index contributed by atoms with van der Waals surface area (Å²) in [7, 11) is 1.90. The molecule has 1 heterocycles. The van der Waals surface area contributed by atoms with Gasteiger partial charge in [-0.05, 0) is 18.9 Å². The lowest BCUT2D eigenvalue weighted by Gasteiger charge is -1.95. The van der Waals surface area contributed by atoms with Gasteiger partial charge >= 0.3 is 0 Å². The average molecular weight is 194 g/mol. The summed E-state index contributed by atoms with van der Waals surface area (Å²) in [6, 6.07) is 1.92. The second kappa shape index (κ2) is 4.94. The number of rotatable bonds is 5. The molecule has 0 saturated carbocycles. The van der Waals surface area contributed by atoms with E-state index < -0.39 is 0 Å². The maximum atomic E-state index is 11.5. The van der Waals surface area contributed by atoms with E-state index in [4.69, 9.17) is 0 Å². The van der Waals surface area contributed by atoms with E-state index in [-0.39, 0.29) is 5.78 Å². The highest BCUT2D eigenvalue weighted by Gasteiger charge is 2.10. The van der Waals surface area contributed by atoms with E-state index in [1.807, 2.05) is 24.7 Å². The van der Waals surface area contributed by atoms with Gasteiger partial charge in [0.1, 0.15) is 5.69 Å². The van der Waals surface area contributed by atoms with Crippen molar-refractivity contribution < 1.29 is 4.79 Å². The van der Waals surface area contributed by atoms with Crippen molar-refractivity contribution in [3.8, 4) is 0 Å². The Bertz CT molecular complexity index is 315. The van der Waals surface area contributed by atoms with Crippen molar-refractivity contribution in [1.82, 2.24) is 9.78 Å². The molecule has 3 nitrogen and oxygen atoms in total. The lowest BCUT2D eigenvalue weighted by Crippen LogP contribution is -2.01. The fraction of sp³-hybridized carbons (Fsp3) is 0.636. The Kier molecular flexibility index (Phi) is 3.86. The summed E-state index contributed by atoms with van der Waals surface area (Å²) in [5.74, 6) is 0.158. The zero-order valence-corrected chi connectivity index (χ0v) is 9.21. The minimum absolute atomic E-state index is 0.158. The molecule has 0 aliphatic heterocycles. The van der Waals surface area contributed by atoms with Crippen LogP contribution in [0.3, 0.4) is 0 Å². The Balaban J connectivity index is 2.79. The quantitative estimate of drug-likeness (QED) is 0.674. The molecule has 14 heavy (non-hydrogen) atoms. The smallest absolute Gasteiger partial charge is 0.183 e. The van der Waals surface area contributed by atoms with Gasteiger partial charge in [0, 0.05) is 19.2 Å². The summed E-state index contributed by atoms with van der Waals surface area (Å²) in [6.45, 7) is 4.13. The third-order valence-corrected chi connectivity index (χ3v) is 2.25. The van der Waals surface area contributed by atoms with E-state index in [1.165, 1.54) is 0 Å². The molecule has 1 aromatic rings. The molecule has 0 radical (unpaired) electrons. The van der Waals surface area contributed by atoms with Crippen LogP contribution in [0.5, 0.6) is 0 Å². The van der Waals surface area contributed by atoms with Crippen LogP contribution in [-0.4, -0.2) is 15.6 Å². The number of carbonyl (C=O) groups excluding carboxylic acids is 1. The summed E-state index contributed by atoms with van der Waals surface area (Å²) in [6.07, 6.45) is 3.56. The van der Waals surface area contributed by atoms with Gasteiger partial charge in [-0.3, -0.25) is 9.48 Å². The maximum absolute atomic E-state index is 11.5. The van der Waals surface area contributed by atoms with E-state index in [1.54, 1.807) is 0 Å². The highest BCUT2D eigenvalue weighted by molar-refractivity contribution is 5.94. The molecule has 0 aliphatic carbocycles. The number of Topliss-reactive ketones (excluding diaryl/α,β-unsaturated/α-hetero) is 1. The number of nitrogens with zero attached hydrogens (tertiary/aromatic N) is 2. The van der Waals surface area contributed by atoms with Gasteiger partial charge in [-0.1, -0.05) is 20.3 Å². The monoisotopic (exact) mass is 194 g/mol. The van der Waals surface area contributed by atoms with Gasteiger partial charge in [0.25, 0.3) is 0 Å². The van der Waals surface area contributed by atoms with Crippen molar-refractivity contribution in [3.05, 3.63) is 17.5 Å². The molecule has 0 bridgehead atoms. The number of aryl methyl sites for hydroxylation is 2. The van der Waals surface area contributed by atoms with Crippen LogP contribution in [0.25, 0.3) is 0 Å². The summed E-state index contributed by atoms with van der Waals surface area (Å²) >= 11 is 0. The van der Waals surface area contributed by atoms with Crippen LogP contribution < -0.4 is 0 Å². The van der Waals surface area contributed by atoms with E-state index in [2.05, 4.69) is 12.0 Å². The first-order valence-corrected chi connectivity index (χ1v) is 5.25. The number of ketones is 1. The molecule has 0 atom stereocenters. The first-order valence-electron chi connectivity index (χ1n) is 5.25. The standard InChI is InChI=1S/C11H18N2O/c1-4-6-9-8-10(12-13(9)3)11(14)7-5-2/h8H,4-7H2,1-3H3. The Morgan fingerprint density at radius 2 is 2.14 bits per heavy atom. The first kappa shape index (κ1) is 11.0. The minimum atomic E-state index is 0.158. The lowest BCUT2D eigenvalue weighted by molar-refractivity contribution is 0.0976. The van der Waals surface area contributed by atoms with Gasteiger partial charge in [-0.25, -0.2) is 0 Å². The predicted octanol–water partition coefficient (Wildman–Crippen LogP) is 2.36. The maximum Gasteiger partial charge on any atom is 0.183 e. The van der Waals surface area contributed by atoms with Gasteiger partial charge in [-0.2, -0.15) is 5.10 Å². The van der Waals surface area contributed by atoms with Crippen molar-refractivity contribution >= 4 is 5.78 Å². The van der Waals surface area contributed by atoms with E-state index in [9.17, 15) is 4.79 Å². The molecule has 1 aromatic heterocycles. The number of carbonyl (C=O) groups is 1. The van der Waals surface area contributed by atoms with Crippen LogP contribution in [-0.2, 0) is 13.5 Å². The summed E-state index contributed by atoms with van der Waals surface area (Å²) in [5, 5.41) is 4.21. The van der Waals surface area contributed by atoms with Gasteiger partial charge in [0.05, 0.1) is 0 Å². The second-order valence-electron chi connectivity index (χ2n) is 3.57. The molecule has 0 amide bonds. The van der Waals surface area contributed by atoms with Crippen molar-refractivity contribution in [3.63, 3.8) is 0 Å². The van der Waals surface area contributed by atoms with Gasteiger partial charge in [0.15, 0.2) is 5.78 Å². The molecule has 0 saturated heterocycles. The SMILES string of the molecule is CCCC(=O)c1cc(CCC)n(C)n1. The molecule has 0 aromatic carbocycles. The zero-order valence-electron chi connectivity index (χ0n) is 9.21. The van der Waals surface area contributed by atoms with Crippen LogP contribution in [0.2, 0.25) is 0 Å². The Labute approximate surface area is 85.1 Å². The molecule has 0 fully saturated rings. The van der Waals surface area contributed by atoms with Crippen LogP contribution in [0, 0.1) is 0 Å². The number of aromatic nitrogens is 2. The highest BCUT2D eigenvalue weighted by Crippen LogP contribution is 2.08. The lowest BCUT2D eigenvalue weighted by atomic mass is 10.1. The zero-order chi connectivity index (χ0) is 10.6. The van der Waals surface area contributed by atoms with Crippen LogP contribution in [0.15, 0.2) is 6.07 Å². The van der Waals surface area contributed by atoms with Crippen molar-refractivity contribution in [1.29, 1.82) is 0 Å². The topological polar surface area (TPSA) is 34.9 Å². The Hall–Kier alpha value is -1.12. The van der Waals surface area contributed by atoms with Gasteiger partial charge < -0.3 is 0 Å². The molecule has 3 heteroatoms. The van der Waals surface area contributed by atoms with Crippen LogP contribution in [0.4, 0.5) is 0 Å². The molecule has 0 N–H and O–H groups in total. The third kappa shape index (κ3) is 2.44. The Morgan fingerprint density at radius 1 is 1.43 bits per heavy atom. The average Bonchev–Trinajstić information content (AvgIpc) is 2.49.